The monoisotopic (exact) mass is 290 g/mol. The molecule has 1 N–H and O–H groups in total. The lowest BCUT2D eigenvalue weighted by Gasteiger charge is -2.14. The van der Waals surface area contributed by atoms with Gasteiger partial charge >= 0.3 is 0 Å². The zero-order valence-corrected chi connectivity index (χ0v) is 12.3. The molecule has 1 aliphatic heterocycles. The molecule has 22 heavy (non-hydrogen) atoms. The molecule has 1 aliphatic rings. The topological polar surface area (TPSA) is 29.5 Å². The second-order valence-corrected chi connectivity index (χ2v) is 5.28. The van der Waals surface area contributed by atoms with Crippen molar-refractivity contribution in [3.05, 3.63) is 96.2 Å². The summed E-state index contributed by atoms with van der Waals surface area (Å²) in [7, 11) is 0. The van der Waals surface area contributed by atoms with Gasteiger partial charge in [0.05, 0.1) is 6.26 Å². The van der Waals surface area contributed by atoms with Crippen molar-refractivity contribution in [3.63, 3.8) is 0 Å². The second kappa shape index (κ2) is 6.35. The minimum absolute atomic E-state index is 0.156. The normalized spacial score (nSPS) is 14.1. The highest BCUT2D eigenvalue weighted by atomic mass is 16.5. The molecule has 2 nitrogen and oxygen atoms in total. The zero-order chi connectivity index (χ0) is 15.4. The first kappa shape index (κ1) is 14.2. The number of ether oxygens (including phenoxy) is 1. The molecule has 0 unspecified atom stereocenters. The Bertz CT molecular complexity index is 722. The van der Waals surface area contributed by atoms with Crippen LogP contribution in [0.3, 0.4) is 0 Å². The summed E-state index contributed by atoms with van der Waals surface area (Å²) in [6.07, 6.45) is 4.69. The highest BCUT2D eigenvalue weighted by molar-refractivity contribution is 5.63. The first-order valence-electron chi connectivity index (χ1n) is 7.33. The Morgan fingerprint density at radius 1 is 0.864 bits per heavy atom. The molecule has 0 fully saturated rings. The van der Waals surface area contributed by atoms with Gasteiger partial charge in [0, 0.05) is 12.0 Å². The fourth-order valence-corrected chi connectivity index (χ4v) is 2.44. The molecule has 1 heterocycles. The fraction of sp³-hybridized carbons (Fsp3) is 0.100. The Labute approximate surface area is 130 Å². The average molecular weight is 290 g/mol. The maximum atomic E-state index is 9.91. The van der Waals surface area contributed by atoms with Crippen molar-refractivity contribution in [3.8, 4) is 11.1 Å². The molecule has 0 atom stereocenters. The van der Waals surface area contributed by atoms with Gasteiger partial charge in [0.2, 0.25) is 0 Å². The molecule has 0 bridgehead atoms. The summed E-state index contributed by atoms with van der Waals surface area (Å²) in [6, 6.07) is 18.8. The average Bonchev–Trinajstić information content (AvgIpc) is 2.57. The molecular weight excluding hydrogens is 272 g/mol. The van der Waals surface area contributed by atoms with E-state index in [-0.39, 0.29) is 5.76 Å². The van der Waals surface area contributed by atoms with Crippen molar-refractivity contribution >= 4 is 0 Å². The van der Waals surface area contributed by atoms with E-state index in [4.69, 9.17) is 4.74 Å². The Morgan fingerprint density at radius 2 is 1.55 bits per heavy atom. The predicted octanol–water partition coefficient (Wildman–Crippen LogP) is 5.16. The molecular formula is C20H18O2. The van der Waals surface area contributed by atoms with Crippen molar-refractivity contribution < 1.29 is 9.84 Å². The minimum atomic E-state index is 0.156. The number of aryl methyl sites for hydroxylation is 1. The van der Waals surface area contributed by atoms with E-state index in [0.717, 1.165) is 6.42 Å². The van der Waals surface area contributed by atoms with Gasteiger partial charge in [0.25, 0.3) is 0 Å². The maximum absolute atomic E-state index is 9.91. The molecule has 0 aliphatic carbocycles. The highest BCUT2D eigenvalue weighted by Gasteiger charge is 2.12. The van der Waals surface area contributed by atoms with Gasteiger partial charge in [-0.25, -0.2) is 0 Å². The molecule has 0 spiro atoms. The first-order valence-corrected chi connectivity index (χ1v) is 7.33. The molecule has 0 aromatic heterocycles. The van der Waals surface area contributed by atoms with Crippen LogP contribution in [0.25, 0.3) is 11.1 Å². The zero-order valence-electron chi connectivity index (χ0n) is 12.3. The van der Waals surface area contributed by atoms with Crippen LogP contribution in [0.2, 0.25) is 0 Å². The van der Waals surface area contributed by atoms with Crippen LogP contribution in [0.15, 0.2) is 90.6 Å². The summed E-state index contributed by atoms with van der Waals surface area (Å²) in [5.74, 6) is 0.739. The van der Waals surface area contributed by atoms with Crippen LogP contribution < -0.4 is 0 Å². The standard InChI is InChI=1S/C20H18O2/c1-15-13-14-22-19(20(15)21)12-9-16-7-10-18(11-8-16)17-5-3-2-4-6-17/h2-8,10-11,13-14,21H,1,9,12H2. The van der Waals surface area contributed by atoms with Gasteiger partial charge < -0.3 is 9.84 Å². The molecule has 0 radical (unpaired) electrons. The number of benzene rings is 2. The number of hydrogen-bond acceptors (Lipinski definition) is 2. The quantitative estimate of drug-likeness (QED) is 0.843. The van der Waals surface area contributed by atoms with Gasteiger partial charge in [0.1, 0.15) is 5.76 Å². The van der Waals surface area contributed by atoms with Gasteiger partial charge in [-0.3, -0.25) is 0 Å². The summed E-state index contributed by atoms with van der Waals surface area (Å²) >= 11 is 0. The van der Waals surface area contributed by atoms with Gasteiger partial charge in [-0.1, -0.05) is 61.2 Å². The Kier molecular flexibility index (Phi) is 4.10. The number of rotatable bonds is 4. The van der Waals surface area contributed by atoms with Crippen LogP contribution in [0, 0.1) is 0 Å². The predicted molar refractivity (Wildman–Crippen MR) is 89.2 cm³/mol. The Morgan fingerprint density at radius 3 is 2.27 bits per heavy atom. The highest BCUT2D eigenvalue weighted by Crippen LogP contribution is 2.24. The van der Waals surface area contributed by atoms with E-state index in [9.17, 15) is 5.11 Å². The summed E-state index contributed by atoms with van der Waals surface area (Å²) in [5, 5.41) is 9.91. The summed E-state index contributed by atoms with van der Waals surface area (Å²) in [4.78, 5) is 0. The lowest BCUT2D eigenvalue weighted by molar-refractivity contribution is 0.279. The lowest BCUT2D eigenvalue weighted by Crippen LogP contribution is -2.01. The largest absolute Gasteiger partial charge is 0.504 e. The van der Waals surface area contributed by atoms with Gasteiger partial charge in [0.15, 0.2) is 5.76 Å². The van der Waals surface area contributed by atoms with Crippen molar-refractivity contribution in [1.29, 1.82) is 0 Å². The second-order valence-electron chi connectivity index (χ2n) is 5.28. The molecule has 2 aromatic carbocycles. The Balaban J connectivity index is 1.67. The first-order chi connectivity index (χ1) is 10.7. The Hall–Kier alpha value is -2.74. The molecule has 2 heteroatoms. The summed E-state index contributed by atoms with van der Waals surface area (Å²) < 4.78 is 5.36. The minimum Gasteiger partial charge on any atom is -0.504 e. The van der Waals surface area contributed by atoms with Crippen molar-refractivity contribution in [2.24, 2.45) is 0 Å². The van der Waals surface area contributed by atoms with Crippen LogP contribution in [0.4, 0.5) is 0 Å². The number of hydrogen-bond donors (Lipinski definition) is 1. The molecule has 110 valence electrons. The van der Waals surface area contributed by atoms with Crippen LogP contribution in [-0.2, 0) is 11.2 Å². The van der Waals surface area contributed by atoms with Crippen LogP contribution >= 0.6 is 0 Å². The van der Waals surface area contributed by atoms with E-state index in [1.165, 1.54) is 16.7 Å². The van der Waals surface area contributed by atoms with Crippen LogP contribution in [-0.4, -0.2) is 5.11 Å². The SMILES string of the molecule is C=C1C=COC(CCc2ccc(-c3ccccc3)cc2)=C1O. The van der Waals surface area contributed by atoms with E-state index in [1.807, 2.05) is 18.2 Å². The van der Waals surface area contributed by atoms with Crippen LogP contribution in [0.5, 0.6) is 0 Å². The number of aliphatic hydroxyl groups excluding tert-OH is 1. The number of aliphatic hydroxyl groups is 1. The summed E-state index contributed by atoms with van der Waals surface area (Å²) in [6.45, 7) is 3.77. The van der Waals surface area contributed by atoms with Crippen molar-refractivity contribution in [1.82, 2.24) is 0 Å². The van der Waals surface area contributed by atoms with Gasteiger partial charge in [-0.15, -0.1) is 0 Å². The van der Waals surface area contributed by atoms with E-state index >= 15 is 0 Å². The maximum Gasteiger partial charge on any atom is 0.160 e. The van der Waals surface area contributed by atoms with Crippen molar-refractivity contribution in [2.45, 2.75) is 12.8 Å². The van der Waals surface area contributed by atoms with E-state index in [0.29, 0.717) is 17.8 Å². The van der Waals surface area contributed by atoms with E-state index in [1.54, 1.807) is 12.3 Å². The molecule has 2 aromatic rings. The third-order valence-corrected chi connectivity index (χ3v) is 3.75. The molecule has 0 amide bonds. The third kappa shape index (κ3) is 3.12. The smallest absolute Gasteiger partial charge is 0.160 e. The third-order valence-electron chi connectivity index (χ3n) is 3.75. The summed E-state index contributed by atoms with van der Waals surface area (Å²) in [5.41, 5.74) is 4.23. The molecule has 0 saturated heterocycles. The lowest BCUT2D eigenvalue weighted by atomic mass is 10.0. The van der Waals surface area contributed by atoms with Crippen molar-refractivity contribution in [2.75, 3.05) is 0 Å². The van der Waals surface area contributed by atoms with Gasteiger partial charge in [-0.05, 0) is 29.2 Å². The number of allylic oxidation sites excluding steroid dienone is 2. The van der Waals surface area contributed by atoms with Crippen LogP contribution in [0.1, 0.15) is 12.0 Å². The fourth-order valence-electron chi connectivity index (χ4n) is 2.44. The van der Waals surface area contributed by atoms with Gasteiger partial charge in [-0.2, -0.15) is 0 Å². The van der Waals surface area contributed by atoms with E-state index in [2.05, 4.69) is 43.0 Å². The van der Waals surface area contributed by atoms with E-state index < -0.39 is 0 Å². The molecule has 3 rings (SSSR count). The molecule has 0 saturated carbocycles.